The third-order valence-electron chi connectivity index (χ3n) is 2.62. The molecule has 3 unspecified atom stereocenters. The summed E-state index contributed by atoms with van der Waals surface area (Å²) < 4.78 is 5.67. The zero-order valence-corrected chi connectivity index (χ0v) is 8.16. The molecule has 0 aromatic heterocycles. The molecule has 11 heavy (non-hydrogen) atoms. The minimum absolute atomic E-state index is 0.289. The number of ether oxygens (including phenoxy) is 1. The van der Waals surface area contributed by atoms with Crippen molar-refractivity contribution < 1.29 is 4.74 Å². The van der Waals surface area contributed by atoms with Gasteiger partial charge in [-0.05, 0) is 26.8 Å². The summed E-state index contributed by atoms with van der Waals surface area (Å²) in [7, 11) is 2.14. The van der Waals surface area contributed by atoms with Crippen LogP contribution in [0.2, 0.25) is 0 Å². The maximum Gasteiger partial charge on any atom is 0.108 e. The molecule has 2 heteroatoms. The third-order valence-corrected chi connectivity index (χ3v) is 2.62. The van der Waals surface area contributed by atoms with Crippen LogP contribution in [0.4, 0.5) is 0 Å². The molecule has 0 bridgehead atoms. The fourth-order valence-corrected chi connectivity index (χ4v) is 2.07. The van der Waals surface area contributed by atoms with Gasteiger partial charge in [0.05, 0.1) is 6.10 Å². The Labute approximate surface area is 69.5 Å². The third kappa shape index (κ3) is 1.57. The average molecular weight is 157 g/mol. The molecule has 3 atom stereocenters. The fraction of sp³-hybridized carbons (Fsp3) is 1.00. The van der Waals surface area contributed by atoms with Gasteiger partial charge in [-0.25, -0.2) is 0 Å². The van der Waals surface area contributed by atoms with Gasteiger partial charge in [-0.3, -0.25) is 4.90 Å². The van der Waals surface area contributed by atoms with Gasteiger partial charge in [-0.2, -0.15) is 0 Å². The van der Waals surface area contributed by atoms with Crippen molar-refractivity contribution in [3.8, 4) is 0 Å². The number of rotatable bonds is 1. The minimum Gasteiger partial charge on any atom is -0.359 e. The molecule has 0 spiro atoms. The van der Waals surface area contributed by atoms with Crippen molar-refractivity contribution in [3.63, 3.8) is 0 Å². The summed E-state index contributed by atoms with van der Waals surface area (Å²) in [6.07, 6.45) is 0.674. The van der Waals surface area contributed by atoms with Crippen molar-refractivity contribution in [1.82, 2.24) is 4.90 Å². The van der Waals surface area contributed by atoms with Gasteiger partial charge in [0.2, 0.25) is 0 Å². The highest BCUT2D eigenvalue weighted by Gasteiger charge is 2.36. The Hall–Kier alpha value is -0.0800. The van der Waals surface area contributed by atoms with Crippen molar-refractivity contribution in [2.75, 3.05) is 7.05 Å². The molecule has 66 valence electrons. The Morgan fingerprint density at radius 2 is 1.82 bits per heavy atom. The Kier molecular flexibility index (Phi) is 2.55. The maximum atomic E-state index is 5.67. The first-order chi connectivity index (χ1) is 5.04. The number of nitrogens with zero attached hydrogens (tertiary/aromatic N) is 1. The Bertz CT molecular complexity index is 136. The summed E-state index contributed by atoms with van der Waals surface area (Å²) >= 11 is 0. The second-order valence-corrected chi connectivity index (χ2v) is 3.84. The van der Waals surface area contributed by atoms with Gasteiger partial charge < -0.3 is 4.74 Å². The van der Waals surface area contributed by atoms with E-state index in [2.05, 4.69) is 39.6 Å². The lowest BCUT2D eigenvalue weighted by Gasteiger charge is -2.25. The molecule has 0 N–H and O–H groups in total. The molecular weight excluding hydrogens is 138 g/mol. The van der Waals surface area contributed by atoms with Crippen LogP contribution < -0.4 is 0 Å². The van der Waals surface area contributed by atoms with Crippen LogP contribution >= 0.6 is 0 Å². The van der Waals surface area contributed by atoms with E-state index >= 15 is 0 Å². The van der Waals surface area contributed by atoms with Crippen LogP contribution in [0.15, 0.2) is 0 Å². The van der Waals surface area contributed by atoms with Crippen LogP contribution in [0.1, 0.15) is 27.7 Å². The van der Waals surface area contributed by atoms with E-state index in [4.69, 9.17) is 4.74 Å². The lowest BCUT2D eigenvalue weighted by Crippen LogP contribution is -2.37. The van der Waals surface area contributed by atoms with E-state index in [0.29, 0.717) is 18.1 Å². The first-order valence-corrected chi connectivity index (χ1v) is 4.41. The van der Waals surface area contributed by atoms with Gasteiger partial charge in [0, 0.05) is 6.04 Å². The normalized spacial score (nSPS) is 40.4. The molecule has 1 aliphatic rings. The van der Waals surface area contributed by atoms with Crippen LogP contribution in [-0.4, -0.2) is 30.3 Å². The predicted molar refractivity (Wildman–Crippen MR) is 46.4 cm³/mol. The minimum atomic E-state index is 0.289. The van der Waals surface area contributed by atoms with Crippen LogP contribution in [-0.2, 0) is 4.74 Å². The molecule has 0 saturated carbocycles. The highest BCUT2D eigenvalue weighted by Crippen LogP contribution is 2.25. The van der Waals surface area contributed by atoms with Crippen LogP contribution in [0.3, 0.4) is 0 Å². The predicted octanol–water partition coefficient (Wildman–Crippen LogP) is 1.71. The quantitative estimate of drug-likeness (QED) is 0.574. The molecule has 2 nitrogen and oxygen atoms in total. The first kappa shape index (κ1) is 9.01. The van der Waals surface area contributed by atoms with Gasteiger partial charge in [-0.1, -0.05) is 13.8 Å². The van der Waals surface area contributed by atoms with E-state index in [1.54, 1.807) is 0 Å². The van der Waals surface area contributed by atoms with Crippen LogP contribution in [0.5, 0.6) is 0 Å². The first-order valence-electron chi connectivity index (χ1n) is 4.41. The number of hydrogen-bond acceptors (Lipinski definition) is 2. The molecule has 0 aliphatic carbocycles. The van der Waals surface area contributed by atoms with E-state index in [9.17, 15) is 0 Å². The highest BCUT2D eigenvalue weighted by atomic mass is 16.5. The second kappa shape index (κ2) is 3.11. The molecule has 1 aliphatic heterocycles. The summed E-state index contributed by atoms with van der Waals surface area (Å²) in [5, 5.41) is 0. The van der Waals surface area contributed by atoms with E-state index in [1.807, 2.05) is 0 Å². The average Bonchev–Trinajstić information content (AvgIpc) is 2.07. The monoisotopic (exact) mass is 157 g/mol. The van der Waals surface area contributed by atoms with Gasteiger partial charge >= 0.3 is 0 Å². The number of hydrogen-bond donors (Lipinski definition) is 0. The standard InChI is InChI=1S/C9H19NO/c1-6(2)9-7(3)11-8(4)10(9)5/h6-9H,1-5H3. The molecule has 0 amide bonds. The van der Waals surface area contributed by atoms with Gasteiger partial charge in [0.1, 0.15) is 6.23 Å². The second-order valence-electron chi connectivity index (χ2n) is 3.84. The largest absolute Gasteiger partial charge is 0.359 e. The van der Waals surface area contributed by atoms with E-state index in [-0.39, 0.29) is 6.23 Å². The van der Waals surface area contributed by atoms with Crippen molar-refractivity contribution >= 4 is 0 Å². The Balaban J connectivity index is 2.63. The van der Waals surface area contributed by atoms with Crippen LogP contribution in [0.25, 0.3) is 0 Å². The van der Waals surface area contributed by atoms with E-state index in [0.717, 1.165) is 0 Å². The lowest BCUT2D eigenvalue weighted by molar-refractivity contribution is 0.0287. The fourth-order valence-electron chi connectivity index (χ4n) is 2.07. The molecule has 1 saturated heterocycles. The van der Waals surface area contributed by atoms with E-state index in [1.165, 1.54) is 0 Å². The summed E-state index contributed by atoms with van der Waals surface area (Å²) in [6.45, 7) is 8.77. The lowest BCUT2D eigenvalue weighted by atomic mass is 9.99. The smallest absolute Gasteiger partial charge is 0.108 e. The topological polar surface area (TPSA) is 12.5 Å². The zero-order chi connectivity index (χ0) is 8.59. The van der Waals surface area contributed by atoms with Crippen molar-refractivity contribution in [2.24, 2.45) is 5.92 Å². The summed E-state index contributed by atoms with van der Waals surface area (Å²) in [5.41, 5.74) is 0. The molecule has 0 aromatic carbocycles. The van der Waals surface area contributed by atoms with Gasteiger partial charge in [0.15, 0.2) is 0 Å². The molecule has 0 aromatic rings. The zero-order valence-electron chi connectivity index (χ0n) is 8.16. The highest BCUT2D eigenvalue weighted by molar-refractivity contribution is 4.84. The van der Waals surface area contributed by atoms with Crippen LogP contribution in [0, 0.1) is 5.92 Å². The summed E-state index contributed by atoms with van der Waals surface area (Å²) in [5.74, 6) is 0.681. The Morgan fingerprint density at radius 3 is 2.00 bits per heavy atom. The molecular formula is C9H19NO. The molecule has 1 rings (SSSR count). The summed E-state index contributed by atoms with van der Waals surface area (Å²) in [6, 6.07) is 0.588. The van der Waals surface area contributed by atoms with Crippen molar-refractivity contribution in [1.29, 1.82) is 0 Å². The number of likely N-dealkylation sites (N-methyl/N-ethyl adjacent to an activating group) is 1. The van der Waals surface area contributed by atoms with Gasteiger partial charge in [-0.15, -0.1) is 0 Å². The van der Waals surface area contributed by atoms with Crippen molar-refractivity contribution in [3.05, 3.63) is 0 Å². The summed E-state index contributed by atoms with van der Waals surface area (Å²) in [4.78, 5) is 2.31. The van der Waals surface area contributed by atoms with Crippen molar-refractivity contribution in [2.45, 2.75) is 46.1 Å². The van der Waals surface area contributed by atoms with E-state index < -0.39 is 0 Å². The molecule has 1 heterocycles. The molecule has 1 fully saturated rings. The Morgan fingerprint density at radius 1 is 1.27 bits per heavy atom. The molecule has 0 radical (unpaired) electrons. The maximum absolute atomic E-state index is 5.67. The SMILES string of the molecule is CC(C)C1C(C)OC(C)N1C. The van der Waals surface area contributed by atoms with Gasteiger partial charge in [0.25, 0.3) is 0 Å².